The van der Waals surface area contributed by atoms with Gasteiger partial charge in [-0.3, -0.25) is 57.5 Å². The minimum absolute atomic E-state index is 0.0700. The van der Waals surface area contributed by atoms with Gasteiger partial charge in [-0.25, -0.2) is 0 Å². The molecule has 2 saturated heterocycles. The average molecular weight is 1510 g/mol. The Kier molecular flexibility index (Phi) is 30.0. The van der Waals surface area contributed by atoms with Gasteiger partial charge < -0.3 is 60.0 Å². The number of carbonyl (C=O) groups is 12. The Morgan fingerprint density at radius 3 is 1.80 bits per heavy atom. The summed E-state index contributed by atoms with van der Waals surface area (Å²) in [7, 11) is 12.5. The zero-order valence-corrected chi connectivity index (χ0v) is 65.2. The van der Waals surface area contributed by atoms with Gasteiger partial charge in [-0.2, -0.15) is 13.2 Å². The van der Waals surface area contributed by atoms with Gasteiger partial charge in [-0.05, 0) is 105 Å². The Balaban J connectivity index is 1.51. The van der Waals surface area contributed by atoms with Crippen LogP contribution in [0, 0.1) is 24.7 Å². The van der Waals surface area contributed by atoms with Crippen molar-refractivity contribution in [3.05, 3.63) is 105 Å². The molecule has 105 heavy (non-hydrogen) atoms. The highest BCUT2D eigenvalue weighted by molar-refractivity contribution is 6.31. The predicted octanol–water partition coefficient (Wildman–Crippen LogP) is 6.81. The number of carbonyl (C=O) groups excluding carboxylic acids is 12. The molecule has 0 bridgehead atoms. The molecule has 3 aliphatic rings. The summed E-state index contributed by atoms with van der Waals surface area (Å²) < 4.78 is 42.0. The second-order valence-electron chi connectivity index (χ2n) is 29.5. The van der Waals surface area contributed by atoms with Crippen molar-refractivity contribution in [3.8, 4) is 0 Å². The van der Waals surface area contributed by atoms with E-state index in [0.29, 0.717) is 36.8 Å². The number of nitrogens with zero attached hydrogens (tertiary/aromatic N) is 9. The molecule has 2 heterocycles. The van der Waals surface area contributed by atoms with Crippen LogP contribution >= 0.6 is 23.2 Å². The molecule has 0 radical (unpaired) electrons. The number of hydrogen-bond acceptors (Lipinski definition) is 12. The predicted molar refractivity (Wildman–Crippen MR) is 392 cm³/mol. The van der Waals surface area contributed by atoms with E-state index in [9.17, 15) is 46.7 Å². The third kappa shape index (κ3) is 20.6. The van der Waals surface area contributed by atoms with E-state index in [-0.39, 0.29) is 74.4 Å². The van der Waals surface area contributed by atoms with E-state index >= 15 is 24.0 Å². The molecule has 12 amide bonds. The molecule has 11 atom stereocenters. The Labute approximate surface area is 625 Å². The van der Waals surface area contributed by atoms with Crippen LogP contribution in [-0.2, 0) is 83.0 Å². The number of halogens is 5. The minimum Gasteiger partial charge on any atom is -0.347 e. The third-order valence-electron chi connectivity index (χ3n) is 21.4. The number of alkyl halides is 3. The van der Waals surface area contributed by atoms with Gasteiger partial charge in [0.2, 0.25) is 70.9 Å². The van der Waals surface area contributed by atoms with E-state index < -0.39 is 172 Å². The first kappa shape index (κ1) is 85.6. The smallest absolute Gasteiger partial charge is 0.347 e. The second-order valence-corrected chi connectivity index (χ2v) is 30.3. The van der Waals surface area contributed by atoms with Crippen LogP contribution in [0.3, 0.4) is 0 Å². The minimum atomic E-state index is -4.80. The molecule has 1 spiro atoms. The molecule has 1 aliphatic carbocycles. The molecule has 29 heteroatoms. The number of hydrogen-bond donors (Lipinski definition) is 3. The fourth-order valence-corrected chi connectivity index (χ4v) is 14.5. The summed E-state index contributed by atoms with van der Waals surface area (Å²) in [5, 5.41) is 8.23. The molecule has 3 N–H and O–H groups in total. The van der Waals surface area contributed by atoms with E-state index in [1.165, 1.54) is 106 Å². The summed E-state index contributed by atoms with van der Waals surface area (Å²) >= 11 is 13.0. The van der Waals surface area contributed by atoms with Crippen LogP contribution in [-0.4, -0.2) is 251 Å². The Bertz CT molecular complexity index is 3670. The Morgan fingerprint density at radius 2 is 1.25 bits per heavy atom. The largest absolute Gasteiger partial charge is 0.417 e. The number of amides is 12. The fraction of sp³-hybridized carbons (Fsp3) is 0.605. The fourth-order valence-electron chi connectivity index (χ4n) is 13.9. The Morgan fingerprint density at radius 1 is 0.648 bits per heavy atom. The first-order chi connectivity index (χ1) is 49.1. The van der Waals surface area contributed by atoms with Crippen LogP contribution in [0.25, 0.3) is 0 Å². The number of benzene rings is 3. The SMILES string of the molecule is CC[C@H](C)[C@@H]1NC(=O)[C@H](CC(C)C)N(C)C(=O)C[C@@H](C(=O)N(C)C)N(C)C(=O)[C@H]([C@@H](C)CC)N(C)C(=O)C2(CCCC2)NC(=O)[C@H](Cc2ccccc2Cl)N(C)C(=O)[C@H](CCc2ccc(C(F)(F)F)c(Cl)c2)NC(=O)CN(C)C(=O)[C@H](Cc2ccc(C)cc2)N(C)C(=O)C2CCN2C(=O)[C@H](C)N(C)C1=O. The molecule has 2 aliphatic heterocycles. The molecule has 3 fully saturated rings. The number of aryl methyl sites for hydroxylation is 2. The van der Waals surface area contributed by atoms with E-state index in [2.05, 4.69) is 16.0 Å². The van der Waals surface area contributed by atoms with Gasteiger partial charge in [0.15, 0.2) is 0 Å². The molecular formula is C76H107Cl2F3N12O12. The van der Waals surface area contributed by atoms with E-state index in [1.54, 1.807) is 57.2 Å². The van der Waals surface area contributed by atoms with E-state index in [4.69, 9.17) is 23.2 Å². The van der Waals surface area contributed by atoms with E-state index in [1.807, 2.05) is 39.8 Å². The molecule has 578 valence electrons. The maximum atomic E-state index is 15.7. The van der Waals surface area contributed by atoms with Crippen molar-refractivity contribution >= 4 is 94.1 Å². The summed E-state index contributed by atoms with van der Waals surface area (Å²) in [6, 6.07) is 4.73. The third-order valence-corrected chi connectivity index (χ3v) is 22.1. The summed E-state index contributed by atoms with van der Waals surface area (Å²) in [5.74, 6) is -10.1. The lowest BCUT2D eigenvalue weighted by atomic mass is 9.90. The zero-order chi connectivity index (χ0) is 78.6. The van der Waals surface area contributed by atoms with Crippen molar-refractivity contribution in [1.82, 2.24) is 60.0 Å². The maximum absolute atomic E-state index is 15.7. The van der Waals surface area contributed by atoms with E-state index in [0.717, 1.165) is 32.4 Å². The molecular weight excluding hydrogens is 1400 g/mol. The zero-order valence-electron chi connectivity index (χ0n) is 63.7. The van der Waals surface area contributed by atoms with Crippen LogP contribution < -0.4 is 16.0 Å². The van der Waals surface area contributed by atoms with Crippen molar-refractivity contribution in [2.45, 2.75) is 205 Å². The van der Waals surface area contributed by atoms with Gasteiger partial charge in [-0.15, -0.1) is 0 Å². The van der Waals surface area contributed by atoms with Gasteiger partial charge >= 0.3 is 6.18 Å². The van der Waals surface area contributed by atoms with Crippen LogP contribution in [0.5, 0.6) is 0 Å². The molecule has 3 aromatic carbocycles. The van der Waals surface area contributed by atoms with Crippen molar-refractivity contribution in [3.63, 3.8) is 0 Å². The lowest BCUT2D eigenvalue weighted by Gasteiger charge is -2.45. The summed E-state index contributed by atoms with van der Waals surface area (Å²) in [6.07, 6.45) is -4.30. The quantitative estimate of drug-likeness (QED) is 0.150. The highest BCUT2D eigenvalue weighted by atomic mass is 35.5. The standard InChI is InChI=1S/C76H107Cl2F3N12O12/c1-18-46(6)63-72(103)87(12)48(8)67(98)93-37-34-56(93)71(102)90(15)59(40-50-28-26-45(5)27-29-50)70(101)86(11)43-61(94)82-55(33-31-49-30-32-52(54(78)39-49)76(79,80)81)68(99)89(14)58(41-51-24-20-21-25-53(51)77)66(97)84-75(35-22-23-36-75)74(105)92(17)64(47(7)19-2)73(104)91(16)60(69(100)85(9)10)42-62(95)88(13)57(38-44(3)4)65(96)83-63/h20-21,24-30,32,39,44,46-48,55-60,63-64H,18-19,22-23,31,33-38,40-43H2,1-17H3,(H,82,94)(H,83,96)(H,84,97)/t46-,47-,48-,55-,56?,57-,58-,59-,60-,63-,64-/m0/s1. The highest BCUT2D eigenvalue weighted by Crippen LogP contribution is 2.37. The van der Waals surface area contributed by atoms with Gasteiger partial charge in [0.1, 0.15) is 59.9 Å². The monoisotopic (exact) mass is 1510 g/mol. The number of rotatable bonds is 14. The highest BCUT2D eigenvalue weighted by Gasteiger charge is 2.51. The van der Waals surface area contributed by atoms with Crippen LogP contribution in [0.1, 0.15) is 140 Å². The number of fused-ring (bicyclic) bond motifs is 1. The average Bonchev–Trinajstić information content (AvgIpc) is 1.73. The normalized spacial score (nSPS) is 24.8. The van der Waals surface area contributed by atoms with Crippen molar-refractivity contribution in [2.75, 3.05) is 76.5 Å². The lowest BCUT2D eigenvalue weighted by molar-refractivity contribution is -0.160. The summed E-state index contributed by atoms with van der Waals surface area (Å²) in [4.78, 5) is 192. The van der Waals surface area contributed by atoms with Crippen molar-refractivity contribution in [1.29, 1.82) is 0 Å². The lowest BCUT2D eigenvalue weighted by Crippen LogP contribution is -2.65. The first-order valence-electron chi connectivity index (χ1n) is 36.1. The molecule has 1 saturated carbocycles. The van der Waals surface area contributed by atoms with Crippen molar-refractivity contribution < 1.29 is 70.7 Å². The molecule has 1 unspecified atom stereocenters. The van der Waals surface area contributed by atoms with Crippen LogP contribution in [0.4, 0.5) is 13.2 Å². The molecule has 3 aromatic rings. The van der Waals surface area contributed by atoms with Gasteiger partial charge in [0.25, 0.3) is 0 Å². The summed E-state index contributed by atoms with van der Waals surface area (Å²) in [5.41, 5.74) is -0.670. The maximum Gasteiger partial charge on any atom is 0.417 e. The molecule has 24 nitrogen and oxygen atoms in total. The van der Waals surface area contributed by atoms with Gasteiger partial charge in [0, 0.05) is 87.8 Å². The topological polar surface area (TPSA) is 270 Å². The Hall–Kier alpha value is -8.33. The van der Waals surface area contributed by atoms with Gasteiger partial charge in [-0.1, -0.05) is 145 Å². The molecule has 0 aromatic heterocycles. The van der Waals surface area contributed by atoms with Crippen LogP contribution in [0.15, 0.2) is 66.7 Å². The first-order valence-corrected chi connectivity index (χ1v) is 36.8. The van der Waals surface area contributed by atoms with Gasteiger partial charge in [0.05, 0.1) is 23.6 Å². The van der Waals surface area contributed by atoms with Crippen LogP contribution in [0.2, 0.25) is 10.0 Å². The molecule has 6 rings (SSSR count). The van der Waals surface area contributed by atoms with Crippen molar-refractivity contribution in [2.24, 2.45) is 17.8 Å². The number of nitrogens with one attached hydrogen (secondary N) is 3. The number of likely N-dealkylation sites (N-methyl/N-ethyl adjacent to an activating group) is 8. The second kappa shape index (κ2) is 36.8. The summed E-state index contributed by atoms with van der Waals surface area (Å²) in [6.45, 7) is 13.5.